The Hall–Kier alpha value is -3.98. The number of hydrogen-bond acceptors (Lipinski definition) is 8. The third kappa shape index (κ3) is 4.22. The minimum atomic E-state index is -0.669. The summed E-state index contributed by atoms with van der Waals surface area (Å²) in [6.07, 6.45) is 0. The van der Waals surface area contributed by atoms with Crippen molar-refractivity contribution < 1.29 is 9.66 Å². The molecule has 0 radical (unpaired) electrons. The first-order chi connectivity index (χ1) is 13.5. The first kappa shape index (κ1) is 20.3. The largest absolute Gasteiger partial charge is 0.494 e. The van der Waals surface area contributed by atoms with Gasteiger partial charge in [-0.15, -0.1) is 10.2 Å². The molecule has 0 amide bonds. The molecule has 28 heavy (non-hydrogen) atoms. The van der Waals surface area contributed by atoms with E-state index >= 15 is 0 Å². The van der Waals surface area contributed by atoms with Crippen LogP contribution >= 0.6 is 0 Å². The van der Waals surface area contributed by atoms with Crippen molar-refractivity contribution in [3.05, 3.63) is 51.6 Å². The van der Waals surface area contributed by atoms with Crippen molar-refractivity contribution in [3.8, 4) is 17.9 Å². The van der Waals surface area contributed by atoms with Gasteiger partial charge in [-0.2, -0.15) is 10.5 Å². The van der Waals surface area contributed by atoms with Crippen LogP contribution in [0.2, 0.25) is 0 Å². The fourth-order valence-electron chi connectivity index (χ4n) is 2.64. The normalized spacial score (nSPS) is 10.3. The number of ether oxygens (including phenoxy) is 1. The quantitative estimate of drug-likeness (QED) is 0.393. The molecule has 2 aromatic carbocycles. The third-order valence-electron chi connectivity index (χ3n) is 4.10. The number of nitriles is 2. The number of anilines is 1. The molecule has 9 nitrogen and oxygen atoms in total. The maximum absolute atomic E-state index is 11.0. The molecule has 0 heterocycles. The first-order valence-electron chi connectivity index (χ1n) is 8.46. The van der Waals surface area contributed by atoms with Gasteiger partial charge in [-0.25, -0.2) is 0 Å². The van der Waals surface area contributed by atoms with E-state index in [2.05, 4.69) is 15.1 Å². The highest BCUT2D eigenvalue weighted by Gasteiger charge is 2.17. The second-order valence-electron chi connectivity index (χ2n) is 5.60. The Labute approximate surface area is 162 Å². The second-order valence-corrected chi connectivity index (χ2v) is 5.60. The van der Waals surface area contributed by atoms with Gasteiger partial charge in [0.1, 0.15) is 29.3 Å². The SMILES string of the molecule is CCN(CC)c1ccc(N=Nc2c(C#N)cc([N+](=O)[O-])cc2C#N)c(OC)c1. The summed E-state index contributed by atoms with van der Waals surface area (Å²) in [7, 11) is 1.51. The Bertz CT molecular complexity index is 965. The second kappa shape index (κ2) is 9.10. The molecule has 0 aliphatic rings. The smallest absolute Gasteiger partial charge is 0.272 e. The highest BCUT2D eigenvalue weighted by Crippen LogP contribution is 2.35. The molecule has 0 saturated carbocycles. The lowest BCUT2D eigenvalue weighted by Gasteiger charge is -2.21. The molecular formula is C19H18N6O3. The van der Waals surface area contributed by atoms with Crippen LogP contribution in [0.5, 0.6) is 5.75 Å². The van der Waals surface area contributed by atoms with Crippen molar-refractivity contribution in [3.63, 3.8) is 0 Å². The van der Waals surface area contributed by atoms with Crippen LogP contribution in [-0.2, 0) is 0 Å². The van der Waals surface area contributed by atoms with Crippen LogP contribution in [-0.4, -0.2) is 25.1 Å². The van der Waals surface area contributed by atoms with Crippen molar-refractivity contribution in [2.75, 3.05) is 25.1 Å². The Balaban J connectivity index is 2.50. The van der Waals surface area contributed by atoms with Crippen molar-refractivity contribution in [2.45, 2.75) is 13.8 Å². The summed E-state index contributed by atoms with van der Waals surface area (Å²) in [6.45, 7) is 5.76. The summed E-state index contributed by atoms with van der Waals surface area (Å²) in [5, 5.41) is 37.6. The van der Waals surface area contributed by atoms with E-state index < -0.39 is 4.92 Å². The van der Waals surface area contributed by atoms with Gasteiger partial charge in [0, 0.05) is 37.0 Å². The van der Waals surface area contributed by atoms with Crippen LogP contribution in [0.1, 0.15) is 25.0 Å². The Morgan fingerprint density at radius 2 is 1.71 bits per heavy atom. The Kier molecular flexibility index (Phi) is 6.61. The maximum atomic E-state index is 11.0. The summed E-state index contributed by atoms with van der Waals surface area (Å²) >= 11 is 0. The van der Waals surface area contributed by atoms with Crippen LogP contribution in [0.4, 0.5) is 22.7 Å². The predicted octanol–water partition coefficient (Wildman–Crippen LogP) is 4.61. The molecule has 0 fully saturated rings. The number of rotatable bonds is 7. The number of benzene rings is 2. The zero-order chi connectivity index (χ0) is 20.7. The fourth-order valence-corrected chi connectivity index (χ4v) is 2.64. The number of nitro groups is 1. The average molecular weight is 378 g/mol. The zero-order valence-corrected chi connectivity index (χ0v) is 15.7. The monoisotopic (exact) mass is 378 g/mol. The summed E-state index contributed by atoms with van der Waals surface area (Å²) in [5.41, 5.74) is 0.788. The number of nitrogens with zero attached hydrogens (tertiary/aromatic N) is 6. The summed E-state index contributed by atoms with van der Waals surface area (Å²) < 4.78 is 5.38. The molecule has 2 aromatic rings. The van der Waals surface area contributed by atoms with E-state index in [-0.39, 0.29) is 22.5 Å². The highest BCUT2D eigenvalue weighted by molar-refractivity contribution is 5.67. The van der Waals surface area contributed by atoms with Gasteiger partial charge in [-0.3, -0.25) is 10.1 Å². The van der Waals surface area contributed by atoms with Gasteiger partial charge in [0.2, 0.25) is 0 Å². The van der Waals surface area contributed by atoms with Crippen LogP contribution in [0, 0.1) is 32.8 Å². The highest BCUT2D eigenvalue weighted by atomic mass is 16.6. The van der Waals surface area contributed by atoms with Gasteiger partial charge in [-0.1, -0.05) is 0 Å². The third-order valence-corrected chi connectivity index (χ3v) is 4.10. The molecule has 0 aliphatic heterocycles. The molecule has 0 aliphatic carbocycles. The van der Waals surface area contributed by atoms with Gasteiger partial charge in [-0.05, 0) is 26.0 Å². The number of non-ortho nitro benzene ring substituents is 1. The number of methoxy groups -OCH3 is 1. The van der Waals surface area contributed by atoms with E-state index in [4.69, 9.17) is 4.74 Å². The molecule has 0 aromatic heterocycles. The van der Waals surface area contributed by atoms with E-state index in [1.807, 2.05) is 38.1 Å². The van der Waals surface area contributed by atoms with E-state index in [0.717, 1.165) is 30.9 Å². The van der Waals surface area contributed by atoms with Crippen molar-refractivity contribution in [1.29, 1.82) is 10.5 Å². The Morgan fingerprint density at radius 3 is 2.18 bits per heavy atom. The first-order valence-corrected chi connectivity index (χ1v) is 8.46. The van der Waals surface area contributed by atoms with Gasteiger partial charge < -0.3 is 9.64 Å². The van der Waals surface area contributed by atoms with Gasteiger partial charge >= 0.3 is 0 Å². The van der Waals surface area contributed by atoms with Crippen molar-refractivity contribution in [2.24, 2.45) is 10.2 Å². The molecule has 0 bridgehead atoms. The summed E-state index contributed by atoms with van der Waals surface area (Å²) in [4.78, 5) is 12.4. The molecule has 2 rings (SSSR count). The molecule has 0 saturated heterocycles. The predicted molar refractivity (Wildman–Crippen MR) is 103 cm³/mol. The molecule has 0 N–H and O–H groups in total. The molecule has 0 atom stereocenters. The topological polar surface area (TPSA) is 128 Å². The van der Waals surface area contributed by atoms with E-state index in [1.54, 1.807) is 6.07 Å². The van der Waals surface area contributed by atoms with Crippen molar-refractivity contribution in [1.82, 2.24) is 0 Å². The molecular weight excluding hydrogens is 360 g/mol. The number of azo groups is 1. The van der Waals surface area contributed by atoms with Crippen molar-refractivity contribution >= 4 is 22.7 Å². The van der Waals surface area contributed by atoms with Gasteiger partial charge in [0.15, 0.2) is 0 Å². The van der Waals surface area contributed by atoms with Crippen LogP contribution in [0.15, 0.2) is 40.6 Å². The maximum Gasteiger partial charge on any atom is 0.272 e. The molecule has 0 unspecified atom stereocenters. The number of nitro benzene ring substituents is 1. The van der Waals surface area contributed by atoms with Gasteiger partial charge in [0.25, 0.3) is 5.69 Å². The standard InChI is InChI=1S/C19H18N6O3/c1-4-24(5-2)15-6-7-17(18(10-15)28-3)22-23-19-13(11-20)8-16(25(26)27)9-14(19)12-21/h6-10H,4-5H2,1-3H3. The lowest BCUT2D eigenvalue weighted by Crippen LogP contribution is -2.21. The summed E-state index contributed by atoms with van der Waals surface area (Å²) in [6, 6.07) is 11.2. The number of hydrogen-bond donors (Lipinski definition) is 0. The molecule has 0 spiro atoms. The minimum absolute atomic E-state index is 0.0227. The molecule has 142 valence electrons. The Morgan fingerprint density at radius 1 is 1.11 bits per heavy atom. The van der Waals surface area contributed by atoms with Crippen LogP contribution in [0.25, 0.3) is 0 Å². The van der Waals surface area contributed by atoms with Gasteiger partial charge in [0.05, 0.1) is 23.2 Å². The van der Waals surface area contributed by atoms with E-state index in [0.29, 0.717) is 11.4 Å². The lowest BCUT2D eigenvalue weighted by molar-refractivity contribution is -0.384. The lowest BCUT2D eigenvalue weighted by atomic mass is 10.1. The van der Waals surface area contributed by atoms with E-state index in [1.165, 1.54) is 7.11 Å². The molecule has 9 heteroatoms. The minimum Gasteiger partial charge on any atom is -0.494 e. The fraction of sp³-hybridized carbons (Fsp3) is 0.263. The van der Waals surface area contributed by atoms with Crippen LogP contribution < -0.4 is 9.64 Å². The average Bonchev–Trinajstić information content (AvgIpc) is 2.72. The summed E-state index contributed by atoms with van der Waals surface area (Å²) in [5.74, 6) is 0.479. The van der Waals surface area contributed by atoms with Crippen LogP contribution in [0.3, 0.4) is 0 Å². The van der Waals surface area contributed by atoms with E-state index in [9.17, 15) is 20.6 Å². The zero-order valence-electron chi connectivity index (χ0n) is 15.7.